The molecule has 2 aromatic rings. The van der Waals surface area contributed by atoms with Gasteiger partial charge in [-0.15, -0.1) is 0 Å². The number of benzene rings is 2. The predicted molar refractivity (Wildman–Crippen MR) is 109 cm³/mol. The maximum atomic E-state index is 12.9. The van der Waals surface area contributed by atoms with Gasteiger partial charge in [-0.05, 0) is 68.9 Å². The summed E-state index contributed by atoms with van der Waals surface area (Å²) in [5, 5.41) is 6.38. The summed E-state index contributed by atoms with van der Waals surface area (Å²) in [6.45, 7) is 2.15. The van der Waals surface area contributed by atoms with Gasteiger partial charge in [-0.3, -0.25) is 4.79 Å². The number of hydrogen-bond acceptors (Lipinski definition) is 2. The van der Waals surface area contributed by atoms with E-state index in [9.17, 15) is 18.0 Å². The van der Waals surface area contributed by atoms with E-state index in [1.54, 1.807) is 0 Å². The average molecular weight is 425 g/mol. The molecule has 2 N–H and O–H groups in total. The number of amides is 1. The Bertz CT molecular complexity index is 834. The summed E-state index contributed by atoms with van der Waals surface area (Å²) in [6, 6.07) is 13.1. The zero-order chi connectivity index (χ0) is 21.0. The second-order valence-corrected chi connectivity index (χ2v) is 7.98. The normalized spacial score (nSPS) is 20.7. The van der Waals surface area contributed by atoms with Gasteiger partial charge in [0, 0.05) is 17.8 Å². The van der Waals surface area contributed by atoms with Crippen molar-refractivity contribution in [3.63, 3.8) is 0 Å². The van der Waals surface area contributed by atoms with Gasteiger partial charge in [0.05, 0.1) is 16.1 Å². The van der Waals surface area contributed by atoms with E-state index in [4.69, 9.17) is 11.6 Å². The highest BCUT2D eigenvalue weighted by Crippen LogP contribution is 2.32. The van der Waals surface area contributed by atoms with Gasteiger partial charge in [-0.1, -0.05) is 29.8 Å². The fourth-order valence-electron chi connectivity index (χ4n) is 3.82. The molecule has 29 heavy (non-hydrogen) atoms. The van der Waals surface area contributed by atoms with Crippen molar-refractivity contribution < 1.29 is 18.0 Å². The van der Waals surface area contributed by atoms with E-state index >= 15 is 0 Å². The van der Waals surface area contributed by atoms with Crippen LogP contribution in [0.3, 0.4) is 0 Å². The molecule has 0 bridgehead atoms. The number of carbonyl (C=O) groups excluding carboxylic acids is 1. The molecule has 0 aromatic heterocycles. The van der Waals surface area contributed by atoms with Crippen LogP contribution in [0.4, 0.5) is 18.9 Å². The summed E-state index contributed by atoms with van der Waals surface area (Å²) in [4.78, 5) is 12.5. The first-order chi connectivity index (χ1) is 13.7. The SMILES string of the molecule is C[C@@H](Nc1ccccc1)C1CCC(NC(=O)c2cc(C(F)(F)F)ccc2Cl)CC1. The van der Waals surface area contributed by atoms with Gasteiger partial charge in [0.25, 0.3) is 5.91 Å². The highest BCUT2D eigenvalue weighted by molar-refractivity contribution is 6.33. The third-order valence-corrected chi connectivity index (χ3v) is 5.85. The van der Waals surface area contributed by atoms with E-state index < -0.39 is 17.6 Å². The molecule has 0 radical (unpaired) electrons. The molecule has 1 amide bonds. The van der Waals surface area contributed by atoms with Crippen LogP contribution in [0, 0.1) is 5.92 Å². The lowest BCUT2D eigenvalue weighted by atomic mass is 9.82. The summed E-state index contributed by atoms with van der Waals surface area (Å²) in [7, 11) is 0. The fourth-order valence-corrected chi connectivity index (χ4v) is 4.02. The number of nitrogens with one attached hydrogen (secondary N) is 2. The number of rotatable bonds is 5. The summed E-state index contributed by atoms with van der Waals surface area (Å²) >= 11 is 5.96. The topological polar surface area (TPSA) is 41.1 Å². The molecule has 156 valence electrons. The molecule has 1 aliphatic carbocycles. The number of anilines is 1. The lowest BCUT2D eigenvalue weighted by Crippen LogP contribution is -2.40. The molecule has 1 saturated carbocycles. The highest BCUT2D eigenvalue weighted by atomic mass is 35.5. The third-order valence-electron chi connectivity index (χ3n) is 5.52. The van der Waals surface area contributed by atoms with Crippen LogP contribution < -0.4 is 10.6 Å². The third kappa shape index (κ3) is 5.66. The van der Waals surface area contributed by atoms with Crippen LogP contribution in [0.15, 0.2) is 48.5 Å². The van der Waals surface area contributed by atoms with Crippen molar-refractivity contribution in [2.45, 2.75) is 50.9 Å². The summed E-state index contributed by atoms with van der Waals surface area (Å²) in [5.41, 5.74) is 0.0638. The van der Waals surface area contributed by atoms with Crippen molar-refractivity contribution in [2.75, 3.05) is 5.32 Å². The zero-order valence-corrected chi connectivity index (χ0v) is 16.9. The van der Waals surface area contributed by atoms with Crippen LogP contribution >= 0.6 is 11.6 Å². The molecule has 0 spiro atoms. The van der Waals surface area contributed by atoms with Crippen LogP contribution in [0.2, 0.25) is 5.02 Å². The van der Waals surface area contributed by atoms with Crippen LogP contribution in [0.1, 0.15) is 48.5 Å². The largest absolute Gasteiger partial charge is 0.416 e. The van der Waals surface area contributed by atoms with Crippen LogP contribution in [0.25, 0.3) is 0 Å². The molecule has 0 heterocycles. The van der Waals surface area contributed by atoms with E-state index in [2.05, 4.69) is 17.6 Å². The number of halogens is 4. The maximum Gasteiger partial charge on any atom is 0.416 e. The monoisotopic (exact) mass is 424 g/mol. The molecule has 1 fully saturated rings. The van der Waals surface area contributed by atoms with Gasteiger partial charge in [0.1, 0.15) is 0 Å². The standard InChI is InChI=1S/C22H24ClF3N2O/c1-14(27-17-5-3-2-4-6-17)15-7-10-18(11-8-15)28-21(29)19-13-16(22(24,25)26)9-12-20(19)23/h2-6,9,12-15,18,27H,7-8,10-11H2,1H3,(H,28,29)/t14-,15?,18?/m1/s1. The Morgan fingerprint density at radius 3 is 2.34 bits per heavy atom. The molecule has 0 aliphatic heterocycles. The second-order valence-electron chi connectivity index (χ2n) is 7.58. The van der Waals surface area contributed by atoms with E-state index in [0.717, 1.165) is 49.6 Å². The molecule has 7 heteroatoms. The zero-order valence-electron chi connectivity index (χ0n) is 16.1. The first-order valence-corrected chi connectivity index (χ1v) is 10.1. The van der Waals surface area contributed by atoms with E-state index in [0.29, 0.717) is 12.0 Å². The van der Waals surface area contributed by atoms with Crippen molar-refractivity contribution in [2.24, 2.45) is 5.92 Å². The summed E-state index contributed by atoms with van der Waals surface area (Å²) in [5.74, 6) is -0.0829. The number of hydrogen-bond donors (Lipinski definition) is 2. The van der Waals surface area contributed by atoms with Gasteiger partial charge in [0.2, 0.25) is 0 Å². The van der Waals surface area contributed by atoms with Crippen molar-refractivity contribution in [3.05, 3.63) is 64.7 Å². The number of para-hydroxylation sites is 1. The second kappa shape index (κ2) is 9.08. The lowest BCUT2D eigenvalue weighted by molar-refractivity contribution is -0.137. The average Bonchev–Trinajstić information content (AvgIpc) is 2.68. The van der Waals surface area contributed by atoms with E-state index in [-0.39, 0.29) is 16.6 Å². The van der Waals surface area contributed by atoms with Crippen molar-refractivity contribution in [3.8, 4) is 0 Å². The Balaban J connectivity index is 1.55. The minimum Gasteiger partial charge on any atom is -0.382 e. The van der Waals surface area contributed by atoms with Crippen LogP contribution in [-0.4, -0.2) is 18.0 Å². The first-order valence-electron chi connectivity index (χ1n) is 9.73. The lowest BCUT2D eigenvalue weighted by Gasteiger charge is -2.33. The van der Waals surface area contributed by atoms with Crippen molar-refractivity contribution in [1.29, 1.82) is 0 Å². The van der Waals surface area contributed by atoms with Gasteiger partial charge >= 0.3 is 6.18 Å². The smallest absolute Gasteiger partial charge is 0.382 e. The highest BCUT2D eigenvalue weighted by Gasteiger charge is 2.32. The molecule has 2 aromatic carbocycles. The summed E-state index contributed by atoms with van der Waals surface area (Å²) in [6.07, 6.45) is -1.08. The molecule has 3 nitrogen and oxygen atoms in total. The summed E-state index contributed by atoms with van der Waals surface area (Å²) < 4.78 is 38.7. The molecule has 3 rings (SSSR count). The molecule has 1 aliphatic rings. The van der Waals surface area contributed by atoms with Gasteiger partial charge in [0.15, 0.2) is 0 Å². The fraction of sp³-hybridized carbons (Fsp3) is 0.409. The first kappa shape index (κ1) is 21.5. The van der Waals surface area contributed by atoms with Crippen molar-refractivity contribution >= 4 is 23.2 Å². The number of alkyl halides is 3. The van der Waals surface area contributed by atoms with Crippen molar-refractivity contribution in [1.82, 2.24) is 5.32 Å². The van der Waals surface area contributed by atoms with E-state index in [1.807, 2.05) is 30.3 Å². The Morgan fingerprint density at radius 1 is 1.07 bits per heavy atom. The molecule has 1 atom stereocenters. The number of carbonyl (C=O) groups is 1. The van der Waals surface area contributed by atoms with Gasteiger partial charge < -0.3 is 10.6 Å². The predicted octanol–water partition coefficient (Wildman–Crippen LogP) is 6.15. The molecular formula is C22H24ClF3N2O. The Labute approximate surface area is 173 Å². The van der Waals surface area contributed by atoms with Gasteiger partial charge in [-0.25, -0.2) is 0 Å². The Kier molecular flexibility index (Phi) is 6.73. The minimum absolute atomic E-state index is 0.0184. The molecule has 0 unspecified atom stereocenters. The van der Waals surface area contributed by atoms with Gasteiger partial charge in [-0.2, -0.15) is 13.2 Å². The van der Waals surface area contributed by atoms with E-state index in [1.165, 1.54) is 0 Å². The molecular weight excluding hydrogens is 401 g/mol. The van der Waals surface area contributed by atoms with Crippen LogP contribution in [-0.2, 0) is 6.18 Å². The quantitative estimate of drug-likeness (QED) is 0.604. The van der Waals surface area contributed by atoms with Crippen LogP contribution in [0.5, 0.6) is 0 Å². The Hall–Kier alpha value is -2.21. The molecule has 0 saturated heterocycles. The minimum atomic E-state index is -4.51. The maximum absolute atomic E-state index is 12.9. The Morgan fingerprint density at radius 2 is 1.72 bits per heavy atom.